The van der Waals surface area contributed by atoms with E-state index < -0.39 is 0 Å². The number of morpholine rings is 1. The second-order valence-corrected chi connectivity index (χ2v) is 11.8. The van der Waals surface area contributed by atoms with Crippen molar-refractivity contribution in [1.29, 1.82) is 0 Å². The van der Waals surface area contributed by atoms with E-state index >= 15 is 0 Å². The number of anilines is 1. The molecule has 1 amide bonds. The van der Waals surface area contributed by atoms with E-state index in [1.54, 1.807) is 12.5 Å². The van der Waals surface area contributed by atoms with Crippen LogP contribution in [0.2, 0.25) is 0 Å². The van der Waals surface area contributed by atoms with Crippen LogP contribution in [0.5, 0.6) is 0 Å². The second-order valence-electron chi connectivity index (χ2n) is 11.8. The van der Waals surface area contributed by atoms with E-state index in [9.17, 15) is 4.79 Å². The number of aromatic nitrogens is 2. The Labute approximate surface area is 221 Å². The molecule has 4 heterocycles. The van der Waals surface area contributed by atoms with Crippen LogP contribution in [0.25, 0.3) is 0 Å². The Morgan fingerprint density at radius 3 is 2.73 bits per heavy atom. The number of ether oxygens (including phenoxy) is 1. The Kier molecular flexibility index (Phi) is 9.21. The van der Waals surface area contributed by atoms with Gasteiger partial charge in [0, 0.05) is 50.4 Å². The van der Waals surface area contributed by atoms with Gasteiger partial charge in [0.15, 0.2) is 0 Å². The Morgan fingerprint density at radius 1 is 1.27 bits per heavy atom. The summed E-state index contributed by atoms with van der Waals surface area (Å²) in [7, 11) is 0. The number of carbonyl (C=O) groups is 1. The van der Waals surface area contributed by atoms with E-state index in [1.807, 2.05) is 12.1 Å². The molecule has 2 aromatic heterocycles. The summed E-state index contributed by atoms with van der Waals surface area (Å²) in [4.78, 5) is 28.1. The maximum absolute atomic E-state index is 14.1. The first kappa shape index (κ1) is 27.5. The van der Waals surface area contributed by atoms with Crippen LogP contribution in [0.3, 0.4) is 0 Å². The number of rotatable bonds is 9. The Hall–Kier alpha value is -2.49. The second kappa shape index (κ2) is 12.4. The van der Waals surface area contributed by atoms with Crippen molar-refractivity contribution in [3.8, 4) is 0 Å². The zero-order valence-electron chi connectivity index (χ0n) is 23.1. The van der Waals surface area contributed by atoms with Gasteiger partial charge in [0.25, 0.3) is 5.91 Å². The summed E-state index contributed by atoms with van der Waals surface area (Å²) < 4.78 is 11.0. The third-order valence-corrected chi connectivity index (χ3v) is 7.00. The highest BCUT2D eigenvalue weighted by atomic mass is 16.5. The Bertz CT molecular complexity index is 998. The van der Waals surface area contributed by atoms with Gasteiger partial charge in [-0.1, -0.05) is 34.6 Å². The lowest BCUT2D eigenvalue weighted by Crippen LogP contribution is -2.54. The zero-order valence-corrected chi connectivity index (χ0v) is 23.1. The molecule has 0 aliphatic carbocycles. The Balaban J connectivity index is 1.56. The molecule has 2 fully saturated rings. The van der Waals surface area contributed by atoms with Crippen LogP contribution in [0.15, 0.2) is 29.0 Å². The molecule has 2 aromatic rings. The minimum absolute atomic E-state index is 0.0186. The third kappa shape index (κ3) is 7.52. The first-order chi connectivity index (χ1) is 17.7. The van der Waals surface area contributed by atoms with Crippen LogP contribution in [-0.2, 0) is 16.7 Å². The SMILES string of the molecule is CC(C)CN(C(=O)c1cnc(C(C)(C)C)nc1NCc1ccco1)[C@@H]1CNC[C@H](CN2CCOCC2)C1. The average molecular weight is 513 g/mol. The minimum atomic E-state index is -0.236. The smallest absolute Gasteiger partial charge is 0.259 e. The molecule has 0 radical (unpaired) electrons. The molecule has 2 N–H and O–H groups in total. The van der Waals surface area contributed by atoms with Crippen molar-refractivity contribution in [2.75, 3.05) is 57.8 Å². The number of nitrogens with zero attached hydrogens (tertiary/aromatic N) is 4. The van der Waals surface area contributed by atoms with Crippen molar-refractivity contribution in [3.05, 3.63) is 41.7 Å². The zero-order chi connectivity index (χ0) is 26.4. The molecule has 0 bridgehead atoms. The predicted molar refractivity (Wildman–Crippen MR) is 145 cm³/mol. The van der Waals surface area contributed by atoms with E-state index in [0.717, 1.165) is 58.1 Å². The summed E-state index contributed by atoms with van der Waals surface area (Å²) in [5, 5.41) is 6.97. The van der Waals surface area contributed by atoms with Gasteiger partial charge in [-0.2, -0.15) is 0 Å². The standard InChI is InChI=1S/C28H44N6O3/c1-20(2)18-34(22-13-21(14-29-15-22)19-33-8-11-36-12-9-33)26(35)24-17-31-27(28(3,4)5)32-25(24)30-16-23-7-6-10-37-23/h6-7,10,17,20-22,29H,8-9,11-16,18-19H2,1-5H3,(H,30,31,32)/t21-,22+/m1/s1. The fourth-order valence-electron chi connectivity index (χ4n) is 5.10. The van der Waals surface area contributed by atoms with E-state index in [2.05, 4.69) is 60.0 Å². The number of piperidine rings is 1. The van der Waals surface area contributed by atoms with E-state index in [-0.39, 0.29) is 17.4 Å². The van der Waals surface area contributed by atoms with Gasteiger partial charge >= 0.3 is 0 Å². The summed E-state index contributed by atoms with van der Waals surface area (Å²) in [6.07, 6.45) is 4.34. The normalized spacial score (nSPS) is 21.2. The molecule has 9 heteroatoms. The first-order valence-corrected chi connectivity index (χ1v) is 13.7. The van der Waals surface area contributed by atoms with Crippen LogP contribution in [0.4, 0.5) is 5.82 Å². The van der Waals surface area contributed by atoms with Crippen molar-refractivity contribution < 1.29 is 13.9 Å². The number of carbonyl (C=O) groups excluding carboxylic acids is 1. The largest absolute Gasteiger partial charge is 0.467 e. The van der Waals surface area contributed by atoms with Crippen LogP contribution in [0.1, 0.15) is 63.0 Å². The van der Waals surface area contributed by atoms with E-state index in [4.69, 9.17) is 14.1 Å². The minimum Gasteiger partial charge on any atom is -0.467 e. The highest BCUT2D eigenvalue weighted by Crippen LogP contribution is 2.26. The fourth-order valence-corrected chi connectivity index (χ4v) is 5.10. The molecule has 0 aromatic carbocycles. The molecule has 2 aliphatic heterocycles. The maximum atomic E-state index is 14.1. The predicted octanol–water partition coefficient (Wildman–Crippen LogP) is 3.39. The van der Waals surface area contributed by atoms with Gasteiger partial charge in [-0.25, -0.2) is 9.97 Å². The molecular formula is C28H44N6O3. The fraction of sp³-hybridized carbons (Fsp3) is 0.679. The van der Waals surface area contributed by atoms with Gasteiger partial charge < -0.3 is 24.7 Å². The van der Waals surface area contributed by atoms with E-state index in [1.165, 1.54) is 0 Å². The molecule has 0 saturated carbocycles. The monoisotopic (exact) mass is 512 g/mol. The van der Waals surface area contributed by atoms with Crippen molar-refractivity contribution in [2.24, 2.45) is 11.8 Å². The summed E-state index contributed by atoms with van der Waals surface area (Å²) in [6.45, 7) is 18.1. The topological polar surface area (TPSA) is 95.8 Å². The molecule has 204 valence electrons. The summed E-state index contributed by atoms with van der Waals surface area (Å²) >= 11 is 0. The van der Waals surface area contributed by atoms with Crippen LogP contribution in [0, 0.1) is 11.8 Å². The van der Waals surface area contributed by atoms with Gasteiger partial charge in [0.05, 0.1) is 26.0 Å². The van der Waals surface area contributed by atoms with Crippen LogP contribution >= 0.6 is 0 Å². The molecule has 4 rings (SSSR count). The van der Waals surface area contributed by atoms with Gasteiger partial charge in [0.1, 0.15) is 23.0 Å². The summed E-state index contributed by atoms with van der Waals surface area (Å²) in [6, 6.07) is 3.89. The van der Waals surface area contributed by atoms with Gasteiger partial charge in [0.2, 0.25) is 0 Å². The number of hydrogen-bond acceptors (Lipinski definition) is 8. The van der Waals surface area contributed by atoms with Gasteiger partial charge in [-0.15, -0.1) is 0 Å². The summed E-state index contributed by atoms with van der Waals surface area (Å²) in [5.41, 5.74) is 0.274. The van der Waals surface area contributed by atoms with Crippen molar-refractivity contribution in [3.63, 3.8) is 0 Å². The first-order valence-electron chi connectivity index (χ1n) is 13.7. The number of furan rings is 1. The molecule has 2 aliphatic rings. The van der Waals surface area contributed by atoms with Crippen molar-refractivity contribution >= 4 is 11.7 Å². The average Bonchev–Trinajstić information content (AvgIpc) is 3.39. The van der Waals surface area contributed by atoms with Crippen molar-refractivity contribution in [2.45, 2.75) is 59.0 Å². The number of amides is 1. The molecule has 2 saturated heterocycles. The van der Waals surface area contributed by atoms with E-state index in [0.29, 0.717) is 42.1 Å². The number of nitrogens with one attached hydrogen (secondary N) is 2. The molecule has 0 spiro atoms. The highest BCUT2D eigenvalue weighted by molar-refractivity contribution is 5.98. The highest BCUT2D eigenvalue weighted by Gasteiger charge is 2.33. The molecule has 9 nitrogen and oxygen atoms in total. The number of hydrogen-bond donors (Lipinski definition) is 2. The maximum Gasteiger partial charge on any atom is 0.259 e. The van der Waals surface area contributed by atoms with Gasteiger partial charge in [-0.05, 0) is 36.9 Å². The lowest BCUT2D eigenvalue weighted by Gasteiger charge is -2.40. The molecule has 2 atom stereocenters. The summed E-state index contributed by atoms with van der Waals surface area (Å²) in [5.74, 6) is 2.87. The molecule has 0 unspecified atom stereocenters. The molecular weight excluding hydrogens is 468 g/mol. The Morgan fingerprint density at radius 2 is 2.05 bits per heavy atom. The third-order valence-electron chi connectivity index (χ3n) is 7.00. The van der Waals surface area contributed by atoms with Crippen LogP contribution in [-0.4, -0.2) is 84.2 Å². The lowest BCUT2D eigenvalue weighted by atomic mass is 9.92. The van der Waals surface area contributed by atoms with Crippen LogP contribution < -0.4 is 10.6 Å². The van der Waals surface area contributed by atoms with Gasteiger partial charge in [-0.3, -0.25) is 9.69 Å². The molecule has 37 heavy (non-hydrogen) atoms. The lowest BCUT2D eigenvalue weighted by molar-refractivity contribution is 0.0235. The quantitative estimate of drug-likeness (QED) is 0.528. The van der Waals surface area contributed by atoms with Crippen molar-refractivity contribution in [1.82, 2.24) is 25.1 Å².